The summed E-state index contributed by atoms with van der Waals surface area (Å²) in [5.74, 6) is 0. The van der Waals surface area contributed by atoms with Gasteiger partial charge in [-0.05, 0) is 84.6 Å². The summed E-state index contributed by atoms with van der Waals surface area (Å²) in [6.07, 6.45) is 0. The molecule has 0 aliphatic rings. The van der Waals surface area contributed by atoms with Gasteiger partial charge in [-0.15, -0.1) is 0 Å². The van der Waals surface area contributed by atoms with E-state index in [1.54, 1.807) is 0 Å². The Labute approximate surface area is 239 Å². The molecule has 2 N–H and O–H groups in total. The van der Waals surface area contributed by atoms with E-state index in [1.807, 2.05) is 72.8 Å². The van der Waals surface area contributed by atoms with Crippen molar-refractivity contribution < 1.29 is 0 Å². The number of nitrogens with one attached hydrogen (secondary N) is 2. The number of aryl methyl sites for hydroxylation is 2. The molecule has 0 saturated heterocycles. The van der Waals surface area contributed by atoms with Crippen molar-refractivity contribution >= 4 is 22.7 Å². The highest BCUT2D eigenvalue weighted by molar-refractivity contribution is 5.71. The van der Waals surface area contributed by atoms with E-state index in [0.29, 0.717) is 0 Å². The zero-order valence-electron chi connectivity index (χ0n) is 23.2. The lowest BCUT2D eigenvalue weighted by molar-refractivity contribution is 1.45. The van der Waals surface area contributed by atoms with Crippen LogP contribution in [0.15, 0.2) is 170 Å². The van der Waals surface area contributed by atoms with Gasteiger partial charge in [0.2, 0.25) is 0 Å². The van der Waals surface area contributed by atoms with Gasteiger partial charge in [-0.3, -0.25) is 0 Å². The Kier molecular flexibility index (Phi) is 10.7. The van der Waals surface area contributed by atoms with Gasteiger partial charge in [-0.25, -0.2) is 0 Å². The van der Waals surface area contributed by atoms with Crippen LogP contribution in [0.4, 0.5) is 22.7 Å². The molecule has 6 aromatic carbocycles. The Hall–Kier alpha value is -5.08. The maximum atomic E-state index is 3.45. The fourth-order valence-corrected chi connectivity index (χ4v) is 4.04. The van der Waals surface area contributed by atoms with Gasteiger partial charge >= 0.3 is 0 Å². The highest BCUT2D eigenvalue weighted by Crippen LogP contribution is 2.26. The third kappa shape index (κ3) is 9.66. The Morgan fingerprint density at radius 2 is 0.600 bits per heavy atom. The van der Waals surface area contributed by atoms with Gasteiger partial charge < -0.3 is 10.6 Å². The molecule has 6 aromatic rings. The Bertz CT molecular complexity index is 1350. The van der Waals surface area contributed by atoms with Crippen LogP contribution in [-0.2, 0) is 0 Å². The van der Waals surface area contributed by atoms with Crippen LogP contribution in [0.5, 0.6) is 0 Å². The first kappa shape index (κ1) is 27.9. The van der Waals surface area contributed by atoms with Gasteiger partial charge in [0.25, 0.3) is 0 Å². The summed E-state index contributed by atoms with van der Waals surface area (Å²) >= 11 is 0. The number of hydrogen-bond acceptors (Lipinski definition) is 2. The zero-order chi connectivity index (χ0) is 27.8. The summed E-state index contributed by atoms with van der Waals surface area (Å²) in [5, 5.41) is 6.91. The first-order valence-electron chi connectivity index (χ1n) is 13.5. The molecule has 0 radical (unpaired) electrons. The van der Waals surface area contributed by atoms with Crippen LogP contribution in [0.3, 0.4) is 0 Å². The third-order valence-electron chi connectivity index (χ3n) is 6.05. The molecular formula is C38H36N2. The van der Waals surface area contributed by atoms with Crippen molar-refractivity contribution in [2.45, 2.75) is 13.8 Å². The first-order valence-corrected chi connectivity index (χ1v) is 13.5. The van der Waals surface area contributed by atoms with Crippen LogP contribution in [0.1, 0.15) is 11.1 Å². The van der Waals surface area contributed by atoms with Crippen molar-refractivity contribution in [2.24, 2.45) is 0 Å². The molecule has 198 valence electrons. The lowest BCUT2D eigenvalue weighted by Gasteiger charge is -2.10. The molecule has 0 saturated carbocycles. The Morgan fingerprint density at radius 1 is 0.300 bits per heavy atom. The van der Waals surface area contributed by atoms with E-state index < -0.39 is 0 Å². The average molecular weight is 521 g/mol. The molecule has 40 heavy (non-hydrogen) atoms. The minimum atomic E-state index is 1.09. The van der Waals surface area contributed by atoms with Crippen molar-refractivity contribution in [3.63, 3.8) is 0 Å². The topological polar surface area (TPSA) is 24.1 Å². The molecule has 0 aliphatic heterocycles. The summed E-state index contributed by atoms with van der Waals surface area (Å²) in [6.45, 7) is 4.21. The lowest BCUT2D eigenvalue weighted by atomic mass is 10.0. The molecule has 0 fully saturated rings. The largest absolute Gasteiger partial charge is 0.356 e. The van der Waals surface area contributed by atoms with Crippen LogP contribution < -0.4 is 10.6 Å². The maximum absolute atomic E-state index is 3.45. The van der Waals surface area contributed by atoms with Crippen molar-refractivity contribution in [2.75, 3.05) is 10.6 Å². The monoisotopic (exact) mass is 520 g/mol. The molecule has 0 aliphatic carbocycles. The fraction of sp³-hybridized carbons (Fsp3) is 0.0526. The smallest absolute Gasteiger partial charge is 0.0386 e. The third-order valence-corrected chi connectivity index (χ3v) is 6.05. The summed E-state index contributed by atoms with van der Waals surface area (Å²) in [5.41, 5.74) is 9.31. The molecule has 2 heteroatoms. The number of rotatable bonds is 5. The van der Waals surface area contributed by atoms with Crippen LogP contribution in [-0.4, -0.2) is 0 Å². The molecule has 0 aromatic heterocycles. The number of hydrogen-bond donors (Lipinski definition) is 2. The van der Waals surface area contributed by atoms with Gasteiger partial charge in [-0.2, -0.15) is 0 Å². The van der Waals surface area contributed by atoms with Crippen LogP contribution in [0, 0.1) is 13.8 Å². The number of benzene rings is 6. The number of anilines is 4. The van der Waals surface area contributed by atoms with Crippen LogP contribution in [0.25, 0.3) is 11.1 Å². The zero-order valence-corrected chi connectivity index (χ0v) is 23.2. The van der Waals surface area contributed by atoms with Crippen molar-refractivity contribution in [3.05, 3.63) is 181 Å². The van der Waals surface area contributed by atoms with Crippen LogP contribution >= 0.6 is 0 Å². The standard InChI is InChI=1S/C26H24N2.2C6H6/c1-19-5-3-7-25(17-19)27-23-13-9-21(10-14-23)22-11-15-24(16-12-22)28-26-8-4-6-20(2)18-26;2*1-2-4-6-5-3-1/h3-18,27-28H,1-2H3;2*1-6H. The predicted octanol–water partition coefficient (Wildman–Crippen LogP) is 10.8. The van der Waals surface area contributed by atoms with E-state index in [9.17, 15) is 0 Å². The van der Waals surface area contributed by atoms with E-state index in [-0.39, 0.29) is 0 Å². The first-order chi connectivity index (χ1) is 19.7. The summed E-state index contributed by atoms with van der Waals surface area (Å²) in [7, 11) is 0. The van der Waals surface area contributed by atoms with E-state index in [1.165, 1.54) is 22.3 Å². The fourth-order valence-electron chi connectivity index (χ4n) is 4.04. The quantitative estimate of drug-likeness (QED) is 0.236. The molecule has 0 spiro atoms. The molecule has 0 unspecified atom stereocenters. The minimum Gasteiger partial charge on any atom is -0.356 e. The second kappa shape index (κ2) is 15.4. The maximum Gasteiger partial charge on any atom is 0.0386 e. The summed E-state index contributed by atoms with van der Waals surface area (Å²) in [4.78, 5) is 0. The van der Waals surface area contributed by atoms with Gasteiger partial charge in [0.05, 0.1) is 0 Å². The van der Waals surface area contributed by atoms with E-state index in [0.717, 1.165) is 22.7 Å². The van der Waals surface area contributed by atoms with Gasteiger partial charge in [0.1, 0.15) is 0 Å². The predicted molar refractivity (Wildman–Crippen MR) is 174 cm³/mol. The van der Waals surface area contributed by atoms with Crippen LogP contribution in [0.2, 0.25) is 0 Å². The second-order valence-corrected chi connectivity index (χ2v) is 9.45. The molecule has 0 atom stereocenters. The second-order valence-electron chi connectivity index (χ2n) is 9.45. The molecule has 2 nitrogen and oxygen atoms in total. The van der Waals surface area contributed by atoms with E-state index >= 15 is 0 Å². The summed E-state index contributed by atoms with van der Waals surface area (Å²) in [6, 6.07) is 57.9. The van der Waals surface area contributed by atoms with Crippen molar-refractivity contribution in [1.82, 2.24) is 0 Å². The molecule has 0 amide bonds. The van der Waals surface area contributed by atoms with Crippen molar-refractivity contribution in [3.8, 4) is 11.1 Å². The van der Waals surface area contributed by atoms with Crippen molar-refractivity contribution in [1.29, 1.82) is 0 Å². The normalized spacial score (nSPS) is 9.75. The van der Waals surface area contributed by atoms with Gasteiger partial charge in [0, 0.05) is 22.7 Å². The summed E-state index contributed by atoms with van der Waals surface area (Å²) < 4.78 is 0. The minimum absolute atomic E-state index is 1.09. The Balaban J connectivity index is 0.000000253. The molecule has 0 heterocycles. The SMILES string of the molecule is Cc1cccc(Nc2ccc(-c3ccc(Nc4cccc(C)c4)cc3)cc2)c1.c1ccccc1.c1ccccc1. The average Bonchev–Trinajstić information content (AvgIpc) is 3.01. The molecular weight excluding hydrogens is 484 g/mol. The van der Waals surface area contributed by atoms with E-state index in [2.05, 4.69) is 122 Å². The highest BCUT2D eigenvalue weighted by Gasteiger charge is 2.01. The van der Waals surface area contributed by atoms with E-state index in [4.69, 9.17) is 0 Å². The molecule has 0 bridgehead atoms. The van der Waals surface area contributed by atoms with Gasteiger partial charge in [-0.1, -0.05) is 121 Å². The Morgan fingerprint density at radius 3 is 0.875 bits per heavy atom. The molecule has 6 rings (SSSR count). The lowest BCUT2D eigenvalue weighted by Crippen LogP contribution is -1.91. The highest BCUT2D eigenvalue weighted by atomic mass is 14.9. The van der Waals surface area contributed by atoms with Gasteiger partial charge in [0.15, 0.2) is 0 Å².